The van der Waals surface area contributed by atoms with Crippen LogP contribution in [-0.4, -0.2) is 53.4 Å². The van der Waals surface area contributed by atoms with E-state index in [1.165, 1.54) is 5.56 Å². The van der Waals surface area contributed by atoms with Crippen LogP contribution in [0.5, 0.6) is 5.75 Å². The maximum absolute atomic E-state index is 12.8. The van der Waals surface area contributed by atoms with E-state index in [4.69, 9.17) is 9.47 Å². The van der Waals surface area contributed by atoms with Gasteiger partial charge in [-0.2, -0.15) is 5.10 Å². The largest absolute Gasteiger partial charge is 0.496 e. The number of fused-ring (bicyclic) bond motifs is 1. The summed E-state index contributed by atoms with van der Waals surface area (Å²) in [6.45, 7) is 3.43. The second-order valence-corrected chi connectivity index (χ2v) is 7.07. The van der Waals surface area contributed by atoms with E-state index in [2.05, 4.69) is 10.2 Å². The Kier molecular flexibility index (Phi) is 4.68. The Morgan fingerprint density at radius 3 is 2.85 bits per heavy atom. The minimum atomic E-state index is -0.270. The topological polar surface area (TPSA) is 67.5 Å². The zero-order valence-electron chi connectivity index (χ0n) is 15.3. The number of carbonyl (C=O) groups is 1. The minimum Gasteiger partial charge on any atom is -0.496 e. The SMILES string of the molecule is COc1ccccc1-c1n[nH]c2c1CCN(C(=O)[C@H]1CC[C@@H](C)O1)CC2. The summed E-state index contributed by atoms with van der Waals surface area (Å²) in [7, 11) is 1.67. The zero-order valence-corrected chi connectivity index (χ0v) is 15.3. The van der Waals surface area contributed by atoms with Gasteiger partial charge in [0.05, 0.1) is 18.9 Å². The molecular weight excluding hydrogens is 330 g/mol. The first-order valence-electron chi connectivity index (χ1n) is 9.31. The second-order valence-electron chi connectivity index (χ2n) is 7.07. The van der Waals surface area contributed by atoms with Crippen molar-refractivity contribution in [2.45, 2.75) is 44.8 Å². The minimum absolute atomic E-state index is 0.131. The van der Waals surface area contributed by atoms with Crippen LogP contribution in [-0.2, 0) is 22.4 Å². The summed E-state index contributed by atoms with van der Waals surface area (Å²) >= 11 is 0. The number of aromatic nitrogens is 2. The molecule has 1 fully saturated rings. The summed E-state index contributed by atoms with van der Waals surface area (Å²) < 4.78 is 11.3. The number of rotatable bonds is 3. The van der Waals surface area contributed by atoms with Gasteiger partial charge in [-0.1, -0.05) is 12.1 Å². The van der Waals surface area contributed by atoms with Crippen LogP contribution in [0.1, 0.15) is 31.0 Å². The van der Waals surface area contributed by atoms with Crippen molar-refractivity contribution in [1.29, 1.82) is 0 Å². The number of hydrogen-bond donors (Lipinski definition) is 1. The Bertz CT molecular complexity index is 801. The molecule has 0 unspecified atom stereocenters. The number of carbonyl (C=O) groups excluding carboxylic acids is 1. The van der Waals surface area contributed by atoms with Gasteiger partial charge < -0.3 is 14.4 Å². The molecule has 2 aliphatic rings. The lowest BCUT2D eigenvalue weighted by Crippen LogP contribution is -2.40. The number of amides is 1. The molecule has 1 saturated heterocycles. The number of nitrogens with zero attached hydrogens (tertiary/aromatic N) is 2. The first-order valence-corrected chi connectivity index (χ1v) is 9.31. The van der Waals surface area contributed by atoms with Gasteiger partial charge in [-0.15, -0.1) is 0 Å². The van der Waals surface area contributed by atoms with E-state index in [9.17, 15) is 4.79 Å². The van der Waals surface area contributed by atoms with E-state index in [0.717, 1.165) is 48.4 Å². The number of hydrogen-bond acceptors (Lipinski definition) is 4. The summed E-state index contributed by atoms with van der Waals surface area (Å²) in [4.78, 5) is 14.7. The van der Waals surface area contributed by atoms with E-state index in [1.54, 1.807) is 7.11 Å². The Balaban J connectivity index is 1.54. The fraction of sp³-hybridized carbons (Fsp3) is 0.500. The van der Waals surface area contributed by atoms with Gasteiger partial charge in [-0.25, -0.2) is 0 Å². The highest BCUT2D eigenvalue weighted by Crippen LogP contribution is 2.33. The van der Waals surface area contributed by atoms with Crippen LogP contribution < -0.4 is 4.74 Å². The van der Waals surface area contributed by atoms with Crippen LogP contribution in [0.2, 0.25) is 0 Å². The lowest BCUT2D eigenvalue weighted by molar-refractivity contribution is -0.142. The zero-order chi connectivity index (χ0) is 18.1. The molecule has 0 aliphatic carbocycles. The summed E-state index contributed by atoms with van der Waals surface area (Å²) in [5.74, 6) is 0.943. The van der Waals surface area contributed by atoms with Crippen molar-refractivity contribution in [3.05, 3.63) is 35.5 Å². The number of benzene rings is 1. The quantitative estimate of drug-likeness (QED) is 0.919. The molecule has 26 heavy (non-hydrogen) atoms. The second kappa shape index (κ2) is 7.11. The highest BCUT2D eigenvalue weighted by Gasteiger charge is 2.33. The molecular formula is C20H25N3O3. The summed E-state index contributed by atoms with van der Waals surface area (Å²) in [6.07, 6.45) is 3.28. The molecule has 6 heteroatoms. The van der Waals surface area contributed by atoms with E-state index >= 15 is 0 Å². The molecule has 138 valence electrons. The molecule has 2 aliphatic heterocycles. The fourth-order valence-electron chi connectivity index (χ4n) is 3.95. The molecule has 2 atom stereocenters. The monoisotopic (exact) mass is 355 g/mol. The molecule has 4 rings (SSSR count). The lowest BCUT2D eigenvalue weighted by atomic mass is 10.0. The van der Waals surface area contributed by atoms with Gasteiger partial charge in [0, 0.05) is 36.3 Å². The van der Waals surface area contributed by atoms with Crippen molar-refractivity contribution < 1.29 is 14.3 Å². The number of aromatic amines is 1. The normalized spacial score (nSPS) is 22.8. The Morgan fingerprint density at radius 1 is 1.27 bits per heavy atom. The Morgan fingerprint density at radius 2 is 2.08 bits per heavy atom. The molecule has 3 heterocycles. The third-order valence-electron chi connectivity index (χ3n) is 5.40. The van der Waals surface area contributed by atoms with Crippen molar-refractivity contribution in [1.82, 2.24) is 15.1 Å². The molecule has 1 aromatic heterocycles. The van der Waals surface area contributed by atoms with Crippen LogP contribution in [0.3, 0.4) is 0 Å². The van der Waals surface area contributed by atoms with E-state index in [1.807, 2.05) is 36.1 Å². The highest BCUT2D eigenvalue weighted by molar-refractivity contribution is 5.81. The first-order chi connectivity index (χ1) is 12.7. The predicted octanol–water partition coefficient (Wildman–Crippen LogP) is 2.58. The number of para-hydroxylation sites is 1. The summed E-state index contributed by atoms with van der Waals surface area (Å²) in [5, 5.41) is 7.72. The molecule has 1 N–H and O–H groups in total. The Hall–Kier alpha value is -2.34. The molecule has 1 aromatic carbocycles. The fourth-order valence-corrected chi connectivity index (χ4v) is 3.95. The molecule has 1 amide bonds. The van der Waals surface area contributed by atoms with Crippen molar-refractivity contribution in [2.75, 3.05) is 20.2 Å². The van der Waals surface area contributed by atoms with Crippen molar-refractivity contribution in [2.24, 2.45) is 0 Å². The predicted molar refractivity (Wildman–Crippen MR) is 98.1 cm³/mol. The smallest absolute Gasteiger partial charge is 0.251 e. The molecule has 0 radical (unpaired) electrons. The first kappa shape index (κ1) is 17.1. The molecule has 2 aromatic rings. The van der Waals surface area contributed by atoms with Gasteiger partial charge >= 0.3 is 0 Å². The lowest BCUT2D eigenvalue weighted by Gasteiger charge is -2.23. The van der Waals surface area contributed by atoms with Gasteiger partial charge in [-0.3, -0.25) is 9.89 Å². The Labute approximate surface area is 153 Å². The van der Waals surface area contributed by atoms with Gasteiger partial charge in [-0.05, 0) is 38.3 Å². The van der Waals surface area contributed by atoms with Crippen LogP contribution in [0.15, 0.2) is 24.3 Å². The van der Waals surface area contributed by atoms with Crippen LogP contribution >= 0.6 is 0 Å². The molecule has 0 spiro atoms. The van der Waals surface area contributed by atoms with Crippen molar-refractivity contribution in [3.8, 4) is 17.0 Å². The summed E-state index contributed by atoms with van der Waals surface area (Å²) in [5.41, 5.74) is 4.21. The molecule has 6 nitrogen and oxygen atoms in total. The summed E-state index contributed by atoms with van der Waals surface area (Å²) in [6, 6.07) is 7.92. The number of H-pyrrole nitrogens is 1. The van der Waals surface area contributed by atoms with E-state index in [-0.39, 0.29) is 18.1 Å². The third-order valence-corrected chi connectivity index (χ3v) is 5.40. The van der Waals surface area contributed by atoms with Crippen LogP contribution in [0, 0.1) is 0 Å². The van der Waals surface area contributed by atoms with E-state index < -0.39 is 0 Å². The number of nitrogens with one attached hydrogen (secondary N) is 1. The van der Waals surface area contributed by atoms with Crippen molar-refractivity contribution >= 4 is 5.91 Å². The van der Waals surface area contributed by atoms with E-state index in [0.29, 0.717) is 13.1 Å². The maximum Gasteiger partial charge on any atom is 0.251 e. The van der Waals surface area contributed by atoms with Gasteiger partial charge in [0.15, 0.2) is 0 Å². The molecule has 0 saturated carbocycles. The molecule has 0 bridgehead atoms. The maximum atomic E-state index is 12.8. The van der Waals surface area contributed by atoms with Gasteiger partial charge in [0.25, 0.3) is 5.91 Å². The average molecular weight is 355 g/mol. The standard InChI is InChI=1S/C20H25N3O3/c1-13-7-8-18(26-13)20(24)23-11-9-14-16(10-12-23)21-22-19(14)15-5-3-4-6-17(15)25-2/h3-6,13,18H,7-12H2,1-2H3,(H,21,22)/t13-,18-/m1/s1. The van der Waals surface area contributed by atoms with Gasteiger partial charge in [0.1, 0.15) is 11.9 Å². The average Bonchev–Trinajstić information content (AvgIpc) is 3.22. The van der Waals surface area contributed by atoms with Crippen molar-refractivity contribution in [3.63, 3.8) is 0 Å². The highest BCUT2D eigenvalue weighted by atomic mass is 16.5. The number of ether oxygens (including phenoxy) is 2. The van der Waals surface area contributed by atoms with Gasteiger partial charge in [0.2, 0.25) is 0 Å². The van der Waals surface area contributed by atoms with Crippen LogP contribution in [0.25, 0.3) is 11.3 Å². The number of methoxy groups -OCH3 is 1. The van der Waals surface area contributed by atoms with Crippen LogP contribution in [0.4, 0.5) is 0 Å². The third kappa shape index (κ3) is 3.09.